The molecular weight excluding hydrogens is 560 g/mol. The zero-order valence-electron chi connectivity index (χ0n) is 25.3. The van der Waals surface area contributed by atoms with Crippen molar-refractivity contribution in [1.82, 2.24) is 20.5 Å². The maximum Gasteiger partial charge on any atom is 0.253 e. The summed E-state index contributed by atoms with van der Waals surface area (Å²) in [6, 6.07) is 23.6. The van der Waals surface area contributed by atoms with E-state index in [4.69, 9.17) is 4.74 Å². The lowest BCUT2D eigenvalue weighted by Gasteiger charge is -2.31. The van der Waals surface area contributed by atoms with E-state index in [9.17, 15) is 14.7 Å². The Bertz CT molecular complexity index is 1520. The van der Waals surface area contributed by atoms with E-state index in [2.05, 4.69) is 15.6 Å². The first-order valence-electron chi connectivity index (χ1n) is 14.2. The fraction of sp³-hybridized carbons (Fsp3) is 0.324. The van der Waals surface area contributed by atoms with Gasteiger partial charge in [0.1, 0.15) is 10.8 Å². The molecule has 3 N–H and O–H groups in total. The number of aromatic nitrogens is 1. The molecule has 0 saturated heterocycles. The van der Waals surface area contributed by atoms with Crippen molar-refractivity contribution in [3.05, 3.63) is 117 Å². The Morgan fingerprint density at radius 1 is 1.02 bits per heavy atom. The third kappa shape index (κ3) is 8.73. The topological polar surface area (TPSA) is 104 Å². The van der Waals surface area contributed by atoms with Crippen molar-refractivity contribution < 1.29 is 19.4 Å². The molecule has 9 heteroatoms. The molecule has 226 valence electrons. The Hall–Kier alpha value is -4.05. The minimum absolute atomic E-state index is 0.202. The van der Waals surface area contributed by atoms with Crippen molar-refractivity contribution in [2.24, 2.45) is 0 Å². The van der Waals surface area contributed by atoms with Crippen LogP contribution in [0.3, 0.4) is 0 Å². The number of hydrogen-bond donors (Lipinski definition) is 3. The molecule has 1 heterocycles. The summed E-state index contributed by atoms with van der Waals surface area (Å²) in [5.41, 5.74) is 3.21. The van der Waals surface area contributed by atoms with Gasteiger partial charge in [-0.15, -0.1) is 11.3 Å². The zero-order valence-corrected chi connectivity index (χ0v) is 26.2. The Balaban J connectivity index is 1.47. The third-order valence-electron chi connectivity index (χ3n) is 7.38. The van der Waals surface area contributed by atoms with E-state index in [0.717, 1.165) is 27.6 Å². The van der Waals surface area contributed by atoms with E-state index < -0.39 is 17.7 Å². The Labute approximate surface area is 257 Å². The number of amides is 2. The lowest BCUT2D eigenvalue weighted by Crippen LogP contribution is -2.51. The SMILES string of the molecule is COc1cccc(C(C)(C)NC[C@@H](O)[C@H](Cc2ccccc2)NC(=O)c2cccc(C(=O)N(C)Cc3nc(C)cs3)c2)c1. The molecule has 0 bridgehead atoms. The van der Waals surface area contributed by atoms with Crippen LogP contribution in [0, 0.1) is 6.92 Å². The zero-order chi connectivity index (χ0) is 31.0. The van der Waals surface area contributed by atoms with Gasteiger partial charge >= 0.3 is 0 Å². The van der Waals surface area contributed by atoms with Crippen molar-refractivity contribution in [2.75, 3.05) is 20.7 Å². The number of benzene rings is 3. The smallest absolute Gasteiger partial charge is 0.253 e. The van der Waals surface area contributed by atoms with Gasteiger partial charge in [0.2, 0.25) is 0 Å². The predicted molar refractivity (Wildman–Crippen MR) is 171 cm³/mol. The number of nitrogens with zero attached hydrogens (tertiary/aromatic N) is 2. The summed E-state index contributed by atoms with van der Waals surface area (Å²) in [7, 11) is 3.35. The van der Waals surface area contributed by atoms with Crippen LogP contribution in [0.25, 0.3) is 0 Å². The fourth-order valence-corrected chi connectivity index (χ4v) is 5.61. The summed E-state index contributed by atoms with van der Waals surface area (Å²) in [4.78, 5) is 32.7. The molecule has 1 aromatic heterocycles. The third-order valence-corrected chi connectivity index (χ3v) is 8.33. The van der Waals surface area contributed by atoms with Crippen LogP contribution in [0.1, 0.15) is 56.4 Å². The second-order valence-corrected chi connectivity index (χ2v) is 12.1. The number of aliphatic hydroxyl groups excluding tert-OH is 1. The number of thiazole rings is 1. The fourth-order valence-electron chi connectivity index (χ4n) is 4.78. The molecule has 0 saturated carbocycles. The molecule has 2 amide bonds. The monoisotopic (exact) mass is 600 g/mol. The van der Waals surface area contributed by atoms with E-state index >= 15 is 0 Å². The van der Waals surface area contributed by atoms with Gasteiger partial charge in [0.05, 0.1) is 25.8 Å². The summed E-state index contributed by atoms with van der Waals surface area (Å²) >= 11 is 1.51. The molecule has 2 atom stereocenters. The lowest BCUT2D eigenvalue weighted by atomic mass is 9.93. The van der Waals surface area contributed by atoms with Crippen molar-refractivity contribution in [3.8, 4) is 5.75 Å². The summed E-state index contributed by atoms with van der Waals surface area (Å²) < 4.78 is 5.38. The van der Waals surface area contributed by atoms with E-state index in [0.29, 0.717) is 24.1 Å². The minimum atomic E-state index is -0.897. The summed E-state index contributed by atoms with van der Waals surface area (Å²) in [5.74, 6) is 0.194. The van der Waals surface area contributed by atoms with Crippen LogP contribution in [-0.4, -0.2) is 59.7 Å². The van der Waals surface area contributed by atoms with Crippen molar-refractivity contribution >= 4 is 23.2 Å². The second-order valence-electron chi connectivity index (χ2n) is 11.2. The maximum atomic E-state index is 13.5. The van der Waals surface area contributed by atoms with E-state index in [1.54, 1.807) is 43.3 Å². The molecule has 0 spiro atoms. The van der Waals surface area contributed by atoms with Crippen LogP contribution in [0.15, 0.2) is 84.2 Å². The largest absolute Gasteiger partial charge is 0.497 e. The second kappa shape index (κ2) is 14.4. The molecule has 0 radical (unpaired) electrons. The van der Waals surface area contributed by atoms with Gasteiger partial charge in [-0.05, 0) is 68.7 Å². The highest BCUT2D eigenvalue weighted by molar-refractivity contribution is 7.09. The molecule has 0 fully saturated rings. The molecule has 8 nitrogen and oxygen atoms in total. The maximum absolute atomic E-state index is 13.5. The number of rotatable bonds is 13. The number of carbonyl (C=O) groups is 2. The first-order chi connectivity index (χ1) is 20.6. The van der Waals surface area contributed by atoms with Crippen molar-refractivity contribution in [2.45, 2.75) is 51.4 Å². The average Bonchev–Trinajstić information content (AvgIpc) is 3.43. The van der Waals surface area contributed by atoms with E-state index in [1.807, 2.05) is 80.7 Å². The van der Waals surface area contributed by atoms with Gasteiger partial charge in [-0.25, -0.2) is 4.98 Å². The molecule has 0 aliphatic heterocycles. The van der Waals surface area contributed by atoms with Crippen LogP contribution >= 0.6 is 11.3 Å². The number of methoxy groups -OCH3 is 1. The standard InChI is InChI=1S/C34H40N4O4S/c1-23-22-43-31(36-23)21-38(4)33(41)26-14-9-13-25(18-26)32(40)37-29(17-24-11-7-6-8-12-24)30(39)20-35-34(2,3)27-15-10-16-28(19-27)42-5/h6-16,18-19,22,29-30,35,39H,17,20-21H2,1-5H3,(H,37,40)/t29-,30+/m0/s1. The molecule has 4 rings (SSSR count). The Morgan fingerprint density at radius 3 is 2.44 bits per heavy atom. The molecular formula is C34H40N4O4S. The number of ether oxygens (including phenoxy) is 1. The first-order valence-corrected chi connectivity index (χ1v) is 15.1. The van der Waals surface area contributed by atoms with Gasteiger partial charge in [-0.2, -0.15) is 0 Å². The summed E-state index contributed by atoms with van der Waals surface area (Å²) in [6.45, 7) is 6.62. The Kier molecular flexibility index (Phi) is 10.7. The molecule has 43 heavy (non-hydrogen) atoms. The summed E-state index contributed by atoms with van der Waals surface area (Å²) in [5, 5.41) is 20.7. The van der Waals surface area contributed by atoms with Gasteiger partial charge in [-0.3, -0.25) is 9.59 Å². The highest BCUT2D eigenvalue weighted by Gasteiger charge is 2.27. The predicted octanol–water partition coefficient (Wildman–Crippen LogP) is 4.96. The normalized spacial score (nSPS) is 12.8. The number of nitrogens with one attached hydrogen (secondary N) is 2. The summed E-state index contributed by atoms with van der Waals surface area (Å²) in [6.07, 6.45) is -0.462. The molecule has 3 aromatic carbocycles. The first kappa shape index (κ1) is 31.9. The van der Waals surface area contributed by atoms with Gasteiger partial charge < -0.3 is 25.4 Å². The van der Waals surface area contributed by atoms with Gasteiger partial charge in [-0.1, -0.05) is 48.5 Å². The molecule has 0 aliphatic rings. The quantitative estimate of drug-likeness (QED) is 0.201. The van der Waals surface area contributed by atoms with E-state index in [-0.39, 0.29) is 18.4 Å². The lowest BCUT2D eigenvalue weighted by molar-refractivity contribution is 0.0784. The highest BCUT2D eigenvalue weighted by atomic mass is 32.1. The number of carbonyl (C=O) groups excluding carboxylic acids is 2. The Morgan fingerprint density at radius 2 is 1.74 bits per heavy atom. The highest BCUT2D eigenvalue weighted by Crippen LogP contribution is 2.24. The molecule has 0 aliphatic carbocycles. The number of aryl methyl sites for hydroxylation is 1. The minimum Gasteiger partial charge on any atom is -0.497 e. The van der Waals surface area contributed by atoms with Gasteiger partial charge in [0.25, 0.3) is 11.8 Å². The van der Waals surface area contributed by atoms with Crippen LogP contribution < -0.4 is 15.4 Å². The van der Waals surface area contributed by atoms with Gasteiger partial charge in [0.15, 0.2) is 0 Å². The van der Waals surface area contributed by atoms with Crippen molar-refractivity contribution in [3.63, 3.8) is 0 Å². The average molecular weight is 601 g/mol. The van der Waals surface area contributed by atoms with Crippen LogP contribution in [0.5, 0.6) is 5.75 Å². The number of aliphatic hydroxyl groups is 1. The molecule has 0 unspecified atom stereocenters. The van der Waals surface area contributed by atoms with Crippen LogP contribution in [-0.2, 0) is 18.5 Å². The van der Waals surface area contributed by atoms with Gasteiger partial charge in [0, 0.05) is 41.3 Å². The molecule has 4 aromatic rings. The van der Waals surface area contributed by atoms with Crippen LogP contribution in [0.4, 0.5) is 0 Å². The van der Waals surface area contributed by atoms with Crippen molar-refractivity contribution in [1.29, 1.82) is 0 Å². The number of hydrogen-bond acceptors (Lipinski definition) is 7. The van der Waals surface area contributed by atoms with E-state index in [1.165, 1.54) is 11.3 Å². The van der Waals surface area contributed by atoms with Crippen LogP contribution in [0.2, 0.25) is 0 Å².